The van der Waals surface area contributed by atoms with Gasteiger partial charge in [0.2, 0.25) is 10.0 Å². The number of amides is 1. The van der Waals surface area contributed by atoms with Gasteiger partial charge in [0.1, 0.15) is 11.8 Å². The number of carbonyl (C=O) groups excluding carboxylic acids is 2. The van der Waals surface area contributed by atoms with Gasteiger partial charge in [-0.15, -0.1) is 0 Å². The summed E-state index contributed by atoms with van der Waals surface area (Å²) < 4.78 is 35.7. The average Bonchev–Trinajstić information content (AvgIpc) is 2.44. The smallest absolute Gasteiger partial charge is 0.324 e. The molecule has 0 radical (unpaired) electrons. The Morgan fingerprint density at radius 2 is 1.86 bits per heavy atom. The second kappa shape index (κ2) is 7.04. The lowest BCUT2D eigenvalue weighted by Gasteiger charge is -2.13. The topological polar surface area (TPSA) is 125 Å². The maximum Gasteiger partial charge on any atom is 0.324 e. The van der Waals surface area contributed by atoms with Gasteiger partial charge < -0.3 is 15.2 Å². The predicted octanol–water partition coefficient (Wildman–Crippen LogP) is -0.609. The van der Waals surface area contributed by atoms with Crippen LogP contribution < -0.4 is 15.2 Å². The van der Waals surface area contributed by atoms with Gasteiger partial charge in [-0.05, 0) is 31.2 Å². The number of sulfonamides is 1. The Hall–Kier alpha value is -2.13. The van der Waals surface area contributed by atoms with Gasteiger partial charge in [-0.1, -0.05) is 0 Å². The van der Waals surface area contributed by atoms with E-state index in [0.717, 1.165) is 0 Å². The Balaban J connectivity index is 2.74. The molecule has 1 aromatic carbocycles. The zero-order valence-electron chi connectivity index (χ0n) is 11.5. The largest absolute Gasteiger partial charge is 0.497 e. The number of benzene rings is 1. The molecule has 1 aromatic rings. The summed E-state index contributed by atoms with van der Waals surface area (Å²) in [6, 6.07) is 4.47. The van der Waals surface area contributed by atoms with Crippen molar-refractivity contribution >= 4 is 21.9 Å². The fourth-order valence-electron chi connectivity index (χ4n) is 1.37. The molecule has 0 aliphatic heterocycles. The first kappa shape index (κ1) is 16.9. The zero-order valence-corrected chi connectivity index (χ0v) is 12.3. The van der Waals surface area contributed by atoms with E-state index in [1.807, 2.05) is 0 Å². The van der Waals surface area contributed by atoms with Crippen LogP contribution in [0.5, 0.6) is 5.75 Å². The standard InChI is InChI=1S/C12H16N2O6S/c1-8(12(16)20-7-11(13)15)14-21(17,18)10-5-3-9(19-2)4-6-10/h3-6,8,14H,7H2,1-2H3,(H2,13,15)/t8-/m0/s1. The second-order valence-electron chi connectivity index (χ2n) is 4.09. The number of carbonyl (C=O) groups is 2. The van der Waals surface area contributed by atoms with Crippen molar-refractivity contribution in [3.8, 4) is 5.75 Å². The summed E-state index contributed by atoms with van der Waals surface area (Å²) in [7, 11) is -2.43. The van der Waals surface area contributed by atoms with Gasteiger partial charge in [-0.2, -0.15) is 4.72 Å². The van der Waals surface area contributed by atoms with Crippen LogP contribution in [0.2, 0.25) is 0 Å². The Morgan fingerprint density at radius 3 is 2.33 bits per heavy atom. The molecule has 21 heavy (non-hydrogen) atoms. The number of nitrogens with two attached hydrogens (primary N) is 1. The lowest BCUT2D eigenvalue weighted by Crippen LogP contribution is -2.40. The van der Waals surface area contributed by atoms with E-state index in [1.165, 1.54) is 38.3 Å². The molecule has 0 heterocycles. The first-order valence-electron chi connectivity index (χ1n) is 5.87. The van der Waals surface area contributed by atoms with E-state index in [-0.39, 0.29) is 4.90 Å². The van der Waals surface area contributed by atoms with Crippen LogP contribution in [0, 0.1) is 0 Å². The minimum Gasteiger partial charge on any atom is -0.497 e. The number of hydrogen-bond acceptors (Lipinski definition) is 6. The van der Waals surface area contributed by atoms with Gasteiger partial charge in [0.15, 0.2) is 6.61 Å². The van der Waals surface area contributed by atoms with Crippen molar-refractivity contribution in [1.82, 2.24) is 4.72 Å². The highest BCUT2D eigenvalue weighted by Gasteiger charge is 2.23. The van der Waals surface area contributed by atoms with Crippen LogP contribution in [0.3, 0.4) is 0 Å². The Bertz CT molecular complexity index is 611. The van der Waals surface area contributed by atoms with Crippen molar-refractivity contribution in [2.75, 3.05) is 13.7 Å². The van der Waals surface area contributed by atoms with Crippen LogP contribution in [0.15, 0.2) is 29.2 Å². The van der Waals surface area contributed by atoms with Crippen LogP contribution >= 0.6 is 0 Å². The highest BCUT2D eigenvalue weighted by Crippen LogP contribution is 2.15. The fraction of sp³-hybridized carbons (Fsp3) is 0.333. The van der Waals surface area contributed by atoms with E-state index in [0.29, 0.717) is 5.75 Å². The highest BCUT2D eigenvalue weighted by molar-refractivity contribution is 7.89. The maximum atomic E-state index is 12.0. The van der Waals surface area contributed by atoms with E-state index in [4.69, 9.17) is 10.5 Å². The molecule has 9 heteroatoms. The molecule has 0 bridgehead atoms. The van der Waals surface area contributed by atoms with Crippen LogP contribution in [-0.2, 0) is 24.3 Å². The third-order valence-corrected chi connectivity index (χ3v) is 3.97. The Kier molecular flexibility index (Phi) is 5.68. The minimum absolute atomic E-state index is 0.0298. The lowest BCUT2D eigenvalue weighted by molar-refractivity contribution is -0.149. The number of primary amides is 1. The molecule has 0 saturated carbocycles. The van der Waals surface area contributed by atoms with Crippen LogP contribution in [0.25, 0.3) is 0 Å². The summed E-state index contributed by atoms with van der Waals surface area (Å²) in [5.41, 5.74) is 4.82. The van der Waals surface area contributed by atoms with Crippen molar-refractivity contribution in [3.63, 3.8) is 0 Å². The number of hydrogen-bond donors (Lipinski definition) is 2. The first-order chi connectivity index (χ1) is 9.76. The molecular formula is C12H16N2O6S. The molecule has 0 saturated heterocycles. The van der Waals surface area contributed by atoms with Crippen LogP contribution in [0.4, 0.5) is 0 Å². The van der Waals surface area contributed by atoms with E-state index in [1.54, 1.807) is 0 Å². The molecule has 0 unspecified atom stereocenters. The number of methoxy groups -OCH3 is 1. The molecule has 1 atom stereocenters. The molecule has 8 nitrogen and oxygen atoms in total. The fourth-order valence-corrected chi connectivity index (χ4v) is 2.56. The molecule has 1 rings (SSSR count). The summed E-state index contributed by atoms with van der Waals surface area (Å²) in [5, 5.41) is 0. The summed E-state index contributed by atoms with van der Waals surface area (Å²) in [6.45, 7) is 0.692. The second-order valence-corrected chi connectivity index (χ2v) is 5.81. The van der Waals surface area contributed by atoms with E-state index in [2.05, 4.69) is 9.46 Å². The van der Waals surface area contributed by atoms with Crippen molar-refractivity contribution in [2.45, 2.75) is 17.9 Å². The summed E-state index contributed by atoms with van der Waals surface area (Å²) in [5.74, 6) is -1.22. The van der Waals surface area contributed by atoms with Crippen LogP contribution in [0.1, 0.15) is 6.92 Å². The summed E-state index contributed by atoms with van der Waals surface area (Å²) >= 11 is 0. The van der Waals surface area contributed by atoms with Crippen LogP contribution in [-0.4, -0.2) is 40.1 Å². The predicted molar refractivity (Wildman–Crippen MR) is 72.9 cm³/mol. The van der Waals surface area contributed by atoms with Gasteiger partial charge in [0, 0.05) is 0 Å². The molecule has 3 N–H and O–H groups in total. The van der Waals surface area contributed by atoms with Crippen molar-refractivity contribution < 1.29 is 27.5 Å². The Morgan fingerprint density at radius 1 is 1.29 bits per heavy atom. The monoisotopic (exact) mass is 316 g/mol. The minimum atomic E-state index is -3.89. The van der Waals surface area contributed by atoms with E-state index in [9.17, 15) is 18.0 Å². The van der Waals surface area contributed by atoms with Crippen molar-refractivity contribution in [2.24, 2.45) is 5.73 Å². The van der Waals surface area contributed by atoms with E-state index < -0.39 is 34.5 Å². The quantitative estimate of drug-likeness (QED) is 0.647. The molecule has 0 aromatic heterocycles. The van der Waals surface area contributed by atoms with Gasteiger partial charge in [0.05, 0.1) is 12.0 Å². The van der Waals surface area contributed by atoms with Gasteiger partial charge in [0.25, 0.3) is 5.91 Å². The average molecular weight is 316 g/mol. The molecule has 0 fully saturated rings. The lowest BCUT2D eigenvalue weighted by atomic mass is 10.3. The zero-order chi connectivity index (χ0) is 16.0. The summed E-state index contributed by atoms with van der Waals surface area (Å²) in [4.78, 5) is 21.9. The maximum absolute atomic E-state index is 12.0. The normalized spacial score (nSPS) is 12.5. The molecule has 0 spiro atoms. The number of nitrogens with one attached hydrogen (secondary N) is 1. The van der Waals surface area contributed by atoms with E-state index >= 15 is 0 Å². The third-order valence-electron chi connectivity index (χ3n) is 2.41. The SMILES string of the molecule is COc1ccc(S(=O)(=O)N[C@@H](C)C(=O)OCC(N)=O)cc1. The molecule has 0 aliphatic rings. The van der Waals surface area contributed by atoms with Gasteiger partial charge >= 0.3 is 5.97 Å². The number of esters is 1. The number of ether oxygens (including phenoxy) is 2. The molecule has 1 amide bonds. The first-order valence-corrected chi connectivity index (χ1v) is 7.36. The molecular weight excluding hydrogens is 300 g/mol. The number of rotatable bonds is 7. The molecule has 0 aliphatic carbocycles. The van der Waals surface area contributed by atoms with Crippen molar-refractivity contribution in [3.05, 3.63) is 24.3 Å². The molecule has 116 valence electrons. The van der Waals surface area contributed by atoms with Gasteiger partial charge in [-0.3, -0.25) is 9.59 Å². The third kappa shape index (κ3) is 5.04. The highest BCUT2D eigenvalue weighted by atomic mass is 32.2. The van der Waals surface area contributed by atoms with Crippen molar-refractivity contribution in [1.29, 1.82) is 0 Å². The summed E-state index contributed by atoms with van der Waals surface area (Å²) in [6.07, 6.45) is 0. The Labute approximate surface area is 122 Å². The van der Waals surface area contributed by atoms with Gasteiger partial charge in [-0.25, -0.2) is 8.42 Å².